The fourth-order valence-corrected chi connectivity index (χ4v) is 7.11. The maximum absolute atomic E-state index is 14.8. The largest absolute Gasteiger partial charge is 0.485 e. The van der Waals surface area contributed by atoms with Crippen LogP contribution >= 0.6 is 11.6 Å². The summed E-state index contributed by atoms with van der Waals surface area (Å²) in [5.41, 5.74) is 3.59. The summed E-state index contributed by atoms with van der Waals surface area (Å²) in [4.78, 5) is 22.2. The first kappa shape index (κ1) is 26.7. The average molecular weight is 605 g/mol. The Morgan fingerprint density at radius 2 is 2.02 bits per heavy atom. The molecule has 3 aromatic carbocycles. The predicted octanol–water partition coefficient (Wildman–Crippen LogP) is 5.16. The molecular weight excluding hydrogens is 575 g/mol. The Bertz CT molecular complexity index is 1740. The number of imidazole rings is 1. The van der Waals surface area contributed by atoms with Gasteiger partial charge < -0.3 is 28.4 Å². The van der Waals surface area contributed by atoms with Crippen molar-refractivity contribution >= 4 is 34.3 Å². The summed E-state index contributed by atoms with van der Waals surface area (Å²) in [5, 5.41) is 0.338. The highest BCUT2D eigenvalue weighted by Gasteiger charge is 2.46. The molecule has 2 unspecified atom stereocenters. The van der Waals surface area contributed by atoms with Gasteiger partial charge in [0.15, 0.2) is 17.6 Å². The van der Waals surface area contributed by atoms with Gasteiger partial charge in [-0.05, 0) is 48.9 Å². The SMILES string of the molecule is COC(=O)c1ccc2nc3n(c2c1)C([C@@H]1CCO1)[C@H]1CN(c2cccc4c2OC(c2ccc(Cl)cc2F)CO4)CCN1C3. The molecule has 1 aromatic heterocycles. The van der Waals surface area contributed by atoms with E-state index >= 15 is 0 Å². The van der Waals surface area contributed by atoms with Crippen LogP contribution in [0.25, 0.3) is 11.0 Å². The first-order valence-electron chi connectivity index (χ1n) is 14.6. The molecule has 0 spiro atoms. The second-order valence-corrected chi connectivity index (χ2v) is 11.9. The van der Waals surface area contributed by atoms with Crippen LogP contribution < -0.4 is 14.4 Å². The lowest BCUT2D eigenvalue weighted by Gasteiger charge is -2.52. The molecule has 5 heterocycles. The van der Waals surface area contributed by atoms with Crippen LogP contribution in [0.4, 0.5) is 10.1 Å². The molecule has 0 bridgehead atoms. The van der Waals surface area contributed by atoms with E-state index in [-0.39, 0.29) is 30.8 Å². The molecule has 11 heteroatoms. The summed E-state index contributed by atoms with van der Waals surface area (Å²) in [5.74, 6) is 1.45. The van der Waals surface area contributed by atoms with Crippen LogP contribution in [-0.2, 0) is 16.0 Å². The highest BCUT2D eigenvalue weighted by Crippen LogP contribution is 2.46. The quantitative estimate of drug-likeness (QED) is 0.296. The zero-order valence-corrected chi connectivity index (χ0v) is 24.3. The summed E-state index contributed by atoms with van der Waals surface area (Å²) in [7, 11) is 1.39. The summed E-state index contributed by atoms with van der Waals surface area (Å²) in [6.07, 6.45) is 0.394. The molecule has 0 radical (unpaired) electrons. The van der Waals surface area contributed by atoms with E-state index in [1.54, 1.807) is 18.2 Å². The number of hydrogen-bond donors (Lipinski definition) is 0. The number of piperazine rings is 1. The Hall–Kier alpha value is -3.86. The number of rotatable bonds is 4. The maximum Gasteiger partial charge on any atom is 0.337 e. The van der Waals surface area contributed by atoms with Crippen LogP contribution in [0.5, 0.6) is 11.5 Å². The fraction of sp³-hybridized carbons (Fsp3) is 0.375. The number of methoxy groups -OCH3 is 1. The molecule has 0 aliphatic carbocycles. The van der Waals surface area contributed by atoms with Crippen molar-refractivity contribution in [1.82, 2.24) is 14.5 Å². The number of esters is 1. The third kappa shape index (κ3) is 4.42. The molecule has 8 rings (SSSR count). The van der Waals surface area contributed by atoms with Gasteiger partial charge in [-0.2, -0.15) is 0 Å². The zero-order valence-electron chi connectivity index (χ0n) is 23.5. The van der Waals surface area contributed by atoms with E-state index in [1.165, 1.54) is 13.2 Å². The van der Waals surface area contributed by atoms with Crippen molar-refractivity contribution in [3.8, 4) is 11.5 Å². The van der Waals surface area contributed by atoms with Gasteiger partial charge in [-0.3, -0.25) is 4.90 Å². The van der Waals surface area contributed by atoms with E-state index in [2.05, 4.69) is 14.4 Å². The molecule has 0 N–H and O–H groups in total. The predicted molar refractivity (Wildman–Crippen MR) is 158 cm³/mol. The van der Waals surface area contributed by atoms with Crippen molar-refractivity contribution in [2.24, 2.45) is 0 Å². The first-order chi connectivity index (χ1) is 21.0. The van der Waals surface area contributed by atoms with Gasteiger partial charge in [0.25, 0.3) is 0 Å². The molecule has 0 amide bonds. The number of hydrogen-bond acceptors (Lipinski definition) is 8. The van der Waals surface area contributed by atoms with E-state index in [4.69, 9.17) is 35.5 Å². The highest BCUT2D eigenvalue weighted by atomic mass is 35.5. The van der Waals surface area contributed by atoms with E-state index in [0.29, 0.717) is 34.2 Å². The normalized spacial score (nSPS) is 24.7. The minimum absolute atomic E-state index is 0.00538. The third-order valence-corrected chi connectivity index (χ3v) is 9.36. The number of benzene rings is 3. The molecule has 2 fully saturated rings. The lowest BCUT2D eigenvalue weighted by Crippen LogP contribution is -2.61. The van der Waals surface area contributed by atoms with E-state index in [9.17, 15) is 9.18 Å². The standard InChI is InChI=1S/C32H30ClFN4O5/c1-40-32(39)18-5-8-22-24(13-18)38-29(35-22)16-37-11-10-36(15-25(37)30(38)26-9-12-41-26)23-3-2-4-27-31(23)43-28(17-42-27)20-7-6-19(33)14-21(20)34/h2-8,13-14,25-26,28,30H,9-12,15-17H2,1H3/t25-,26+,28?,30?/m1/s1. The fourth-order valence-electron chi connectivity index (χ4n) is 6.95. The minimum Gasteiger partial charge on any atom is -0.485 e. The second-order valence-electron chi connectivity index (χ2n) is 11.5. The van der Waals surface area contributed by atoms with Gasteiger partial charge >= 0.3 is 5.97 Å². The number of nitrogens with zero attached hydrogens (tertiary/aromatic N) is 4. The van der Waals surface area contributed by atoms with Crippen molar-refractivity contribution in [3.05, 3.63) is 82.4 Å². The monoisotopic (exact) mass is 604 g/mol. The van der Waals surface area contributed by atoms with Crippen molar-refractivity contribution in [2.75, 3.05) is 44.9 Å². The third-order valence-electron chi connectivity index (χ3n) is 9.13. The topological polar surface area (TPSA) is 78.3 Å². The Morgan fingerprint density at radius 3 is 2.81 bits per heavy atom. The van der Waals surface area contributed by atoms with Gasteiger partial charge in [0.05, 0.1) is 54.1 Å². The van der Waals surface area contributed by atoms with E-state index in [0.717, 1.165) is 55.2 Å². The molecule has 0 saturated carbocycles. The molecule has 222 valence electrons. The average Bonchev–Trinajstić information content (AvgIpc) is 3.36. The zero-order chi connectivity index (χ0) is 29.2. The Labute approximate surface area is 252 Å². The number of anilines is 1. The van der Waals surface area contributed by atoms with E-state index in [1.807, 2.05) is 30.3 Å². The van der Waals surface area contributed by atoms with Gasteiger partial charge in [-0.25, -0.2) is 14.2 Å². The first-order valence-corrected chi connectivity index (χ1v) is 14.9. The number of carbonyl (C=O) groups excluding carboxylic acids is 1. The molecule has 43 heavy (non-hydrogen) atoms. The summed E-state index contributed by atoms with van der Waals surface area (Å²) < 4.78 is 40.8. The lowest BCUT2D eigenvalue weighted by atomic mass is 9.91. The molecule has 4 aliphatic rings. The van der Waals surface area contributed by atoms with Crippen LogP contribution in [0.1, 0.15) is 40.3 Å². The maximum atomic E-state index is 14.8. The van der Waals surface area contributed by atoms with Gasteiger partial charge in [0.1, 0.15) is 18.2 Å². The summed E-state index contributed by atoms with van der Waals surface area (Å²) >= 11 is 6.00. The smallest absolute Gasteiger partial charge is 0.337 e. The van der Waals surface area contributed by atoms with Crippen LogP contribution in [0, 0.1) is 5.82 Å². The van der Waals surface area contributed by atoms with Crippen molar-refractivity contribution < 1.29 is 28.1 Å². The Morgan fingerprint density at radius 1 is 1.14 bits per heavy atom. The number of carbonyl (C=O) groups is 1. The number of para-hydroxylation sites is 1. The second kappa shape index (κ2) is 10.4. The molecule has 4 atom stereocenters. The van der Waals surface area contributed by atoms with Crippen molar-refractivity contribution in [1.29, 1.82) is 0 Å². The molecule has 4 aliphatic heterocycles. The number of halogens is 2. The molecule has 9 nitrogen and oxygen atoms in total. The van der Waals surface area contributed by atoms with E-state index < -0.39 is 11.9 Å². The molecule has 4 aromatic rings. The van der Waals surface area contributed by atoms with Crippen molar-refractivity contribution in [3.63, 3.8) is 0 Å². The van der Waals surface area contributed by atoms with Crippen LogP contribution in [-0.4, -0.2) is 72.5 Å². The Balaban J connectivity index is 1.14. The molecule has 2 saturated heterocycles. The van der Waals surface area contributed by atoms with Gasteiger partial charge in [-0.1, -0.05) is 23.7 Å². The van der Waals surface area contributed by atoms with Crippen molar-refractivity contribution in [2.45, 2.75) is 37.3 Å². The van der Waals surface area contributed by atoms with Crippen LogP contribution in [0.15, 0.2) is 54.6 Å². The minimum atomic E-state index is -0.595. The van der Waals surface area contributed by atoms with Gasteiger partial charge in [0, 0.05) is 36.8 Å². The van der Waals surface area contributed by atoms with Gasteiger partial charge in [0.2, 0.25) is 0 Å². The number of aromatic nitrogens is 2. The molecular formula is C32H30ClFN4O5. The summed E-state index contributed by atoms with van der Waals surface area (Å²) in [6.45, 7) is 3.96. The summed E-state index contributed by atoms with van der Waals surface area (Å²) in [6, 6.07) is 16.2. The number of ether oxygens (including phenoxy) is 4. The lowest BCUT2D eigenvalue weighted by molar-refractivity contribution is -0.107. The van der Waals surface area contributed by atoms with Crippen LogP contribution in [0.2, 0.25) is 5.02 Å². The van der Waals surface area contributed by atoms with Crippen LogP contribution in [0.3, 0.4) is 0 Å². The van der Waals surface area contributed by atoms with Gasteiger partial charge in [-0.15, -0.1) is 0 Å². The Kier molecular flexibility index (Phi) is 6.47. The highest BCUT2D eigenvalue weighted by molar-refractivity contribution is 6.30. The number of fused-ring (bicyclic) bond motifs is 5.